The fourth-order valence-electron chi connectivity index (χ4n) is 8.30. The van der Waals surface area contributed by atoms with Crippen LogP contribution in [0.2, 0.25) is 0 Å². The van der Waals surface area contributed by atoms with Crippen LogP contribution >= 0.6 is 0 Å². The first-order valence-corrected chi connectivity index (χ1v) is 15.3. The van der Waals surface area contributed by atoms with Gasteiger partial charge in [0.1, 0.15) is 5.54 Å². The van der Waals surface area contributed by atoms with E-state index in [0.29, 0.717) is 48.6 Å². The Morgan fingerprint density at radius 3 is 2.29 bits per heavy atom. The van der Waals surface area contributed by atoms with Gasteiger partial charge in [-0.1, -0.05) is 18.2 Å². The summed E-state index contributed by atoms with van der Waals surface area (Å²) in [5, 5.41) is 6.84. The third kappa shape index (κ3) is 4.57. The third-order valence-electron chi connectivity index (χ3n) is 9.96. The Morgan fingerprint density at radius 2 is 1.74 bits per heavy atom. The van der Waals surface area contributed by atoms with E-state index in [2.05, 4.69) is 34.4 Å². The lowest BCUT2D eigenvalue weighted by molar-refractivity contribution is -0.160. The Hall–Kier alpha value is -2.01. The SMILES string of the molecule is CN[C@@H](CN(C)C)C1C2CC3CC(C(N)=O)(C2)CC1C3NC(=O)C1(NS(=O)(=O)c2c(C)cccc2C)CC1. The molecule has 1 aromatic carbocycles. The van der Waals surface area contributed by atoms with Crippen LogP contribution in [-0.2, 0) is 19.6 Å². The molecular weight excluding hydrogens is 502 g/mol. The summed E-state index contributed by atoms with van der Waals surface area (Å²) >= 11 is 0. The number of nitrogens with zero attached hydrogens (tertiary/aromatic N) is 1. The number of hydrogen-bond acceptors (Lipinski definition) is 6. The number of carbonyl (C=O) groups excluding carboxylic acids is 2. The molecule has 0 heterocycles. The van der Waals surface area contributed by atoms with E-state index in [0.717, 1.165) is 19.4 Å². The second-order valence-corrected chi connectivity index (χ2v) is 14.4. The van der Waals surface area contributed by atoms with Crippen molar-refractivity contribution in [2.24, 2.45) is 34.8 Å². The molecule has 10 heteroatoms. The number of rotatable bonds is 10. The molecule has 5 aliphatic carbocycles. The molecule has 5 N–H and O–H groups in total. The topological polar surface area (TPSA) is 134 Å². The number of nitrogens with one attached hydrogen (secondary N) is 3. The standard InChI is InChI=1S/C28H43N5O4S/c1-16-7-6-8-17(2)24(16)38(36,37)32-28(9-10-28)26(35)31-23-19-11-18-12-27(13-19,25(29)34)14-20(23)22(18)21(30-3)15-33(4)5/h6-8,18-23,30,32H,9-15H2,1-5H3,(H2,29,34)(H,31,35)/t18?,19?,20?,21-,22?,23?,27?/m0/s1. The summed E-state index contributed by atoms with van der Waals surface area (Å²) < 4.78 is 29.6. The van der Waals surface area contributed by atoms with Crippen molar-refractivity contribution in [2.75, 3.05) is 27.7 Å². The van der Waals surface area contributed by atoms with Crippen molar-refractivity contribution < 1.29 is 18.0 Å². The monoisotopic (exact) mass is 545 g/mol. The molecule has 0 radical (unpaired) electrons. The molecular formula is C28H43N5O4S. The van der Waals surface area contributed by atoms with Gasteiger partial charge in [0.25, 0.3) is 0 Å². The van der Waals surface area contributed by atoms with E-state index in [1.165, 1.54) is 0 Å². The summed E-state index contributed by atoms with van der Waals surface area (Å²) in [6.45, 7) is 4.41. The molecule has 5 saturated carbocycles. The summed E-state index contributed by atoms with van der Waals surface area (Å²) in [6, 6.07) is 5.50. The number of benzene rings is 1. The second-order valence-electron chi connectivity index (χ2n) is 12.8. The van der Waals surface area contributed by atoms with E-state index in [9.17, 15) is 18.0 Å². The Bertz CT molecular complexity index is 1210. The number of hydrogen-bond donors (Lipinski definition) is 4. The van der Waals surface area contributed by atoms with Crippen LogP contribution in [-0.4, -0.2) is 70.4 Å². The molecule has 38 heavy (non-hydrogen) atoms. The minimum absolute atomic E-state index is 0.100. The highest BCUT2D eigenvalue weighted by Gasteiger charge is 2.64. The number of primary amides is 1. The van der Waals surface area contributed by atoms with E-state index in [1.54, 1.807) is 26.0 Å². The average Bonchev–Trinajstić information content (AvgIpc) is 3.59. The van der Waals surface area contributed by atoms with Crippen LogP contribution in [0.1, 0.15) is 49.7 Å². The lowest BCUT2D eigenvalue weighted by Crippen LogP contribution is -2.69. The predicted molar refractivity (Wildman–Crippen MR) is 146 cm³/mol. The Morgan fingerprint density at radius 1 is 1.11 bits per heavy atom. The first-order valence-electron chi connectivity index (χ1n) is 13.9. The van der Waals surface area contributed by atoms with E-state index < -0.39 is 21.0 Å². The van der Waals surface area contributed by atoms with Crippen LogP contribution in [0.25, 0.3) is 0 Å². The zero-order chi connectivity index (χ0) is 27.6. The zero-order valence-corrected chi connectivity index (χ0v) is 24.0. The maximum absolute atomic E-state index is 13.8. The molecule has 0 aromatic heterocycles. The number of aryl methyl sites for hydroxylation is 2. The molecule has 6 rings (SSSR count). The quantitative estimate of drug-likeness (QED) is 0.350. The molecule has 5 aliphatic rings. The van der Waals surface area contributed by atoms with Gasteiger partial charge in [0, 0.05) is 24.0 Å². The molecule has 0 aliphatic heterocycles. The highest BCUT2D eigenvalue weighted by molar-refractivity contribution is 7.89. The average molecular weight is 546 g/mol. The van der Waals surface area contributed by atoms with Crippen LogP contribution in [0, 0.1) is 42.9 Å². The van der Waals surface area contributed by atoms with E-state index >= 15 is 0 Å². The zero-order valence-electron chi connectivity index (χ0n) is 23.2. The van der Waals surface area contributed by atoms with Crippen molar-refractivity contribution in [3.05, 3.63) is 29.3 Å². The number of carbonyl (C=O) groups is 2. The van der Waals surface area contributed by atoms with Gasteiger partial charge < -0.3 is 21.3 Å². The van der Waals surface area contributed by atoms with Crippen molar-refractivity contribution in [1.29, 1.82) is 0 Å². The largest absolute Gasteiger partial charge is 0.369 e. The van der Waals surface area contributed by atoms with E-state index in [-0.39, 0.29) is 40.6 Å². The lowest BCUT2D eigenvalue weighted by Gasteiger charge is -2.63. The van der Waals surface area contributed by atoms with Gasteiger partial charge in [-0.2, -0.15) is 4.72 Å². The number of likely N-dealkylation sites (N-methyl/N-ethyl adjacent to an activating group) is 2. The molecule has 1 aromatic rings. The molecule has 6 unspecified atom stereocenters. The fourth-order valence-corrected chi connectivity index (χ4v) is 10.2. The highest BCUT2D eigenvalue weighted by Crippen LogP contribution is 2.63. The Labute approximate surface area is 226 Å². The fraction of sp³-hybridized carbons (Fsp3) is 0.714. The van der Waals surface area contributed by atoms with Gasteiger partial charge in [0.05, 0.1) is 4.90 Å². The summed E-state index contributed by atoms with van der Waals surface area (Å²) in [7, 11) is 2.23. The lowest BCUT2D eigenvalue weighted by atomic mass is 9.43. The number of nitrogens with two attached hydrogens (primary N) is 1. The van der Waals surface area contributed by atoms with Gasteiger partial charge in [-0.15, -0.1) is 0 Å². The van der Waals surface area contributed by atoms with Gasteiger partial charge in [-0.3, -0.25) is 9.59 Å². The van der Waals surface area contributed by atoms with Crippen molar-refractivity contribution in [2.45, 2.75) is 74.9 Å². The Balaban J connectivity index is 1.40. The van der Waals surface area contributed by atoms with E-state index in [1.807, 2.05) is 13.1 Å². The minimum atomic E-state index is -3.87. The summed E-state index contributed by atoms with van der Waals surface area (Å²) in [4.78, 5) is 28.9. The van der Waals surface area contributed by atoms with Crippen molar-refractivity contribution in [3.63, 3.8) is 0 Å². The summed E-state index contributed by atoms with van der Waals surface area (Å²) in [5.74, 6) is 0.504. The molecule has 0 saturated heterocycles. The van der Waals surface area contributed by atoms with Crippen LogP contribution in [0.4, 0.5) is 0 Å². The van der Waals surface area contributed by atoms with Gasteiger partial charge in [0.2, 0.25) is 21.8 Å². The Kier molecular flexibility index (Phi) is 6.94. The van der Waals surface area contributed by atoms with Crippen molar-refractivity contribution in [3.8, 4) is 0 Å². The molecule has 7 atom stereocenters. The second kappa shape index (κ2) is 9.57. The minimum Gasteiger partial charge on any atom is -0.369 e. The first-order chi connectivity index (χ1) is 17.8. The summed E-state index contributed by atoms with van der Waals surface area (Å²) in [6.07, 6.45) is 4.10. The van der Waals surface area contributed by atoms with Crippen molar-refractivity contribution >= 4 is 21.8 Å². The van der Waals surface area contributed by atoms with Gasteiger partial charge in [-0.25, -0.2) is 8.42 Å². The molecule has 2 amide bonds. The molecule has 5 fully saturated rings. The van der Waals surface area contributed by atoms with Crippen molar-refractivity contribution in [1.82, 2.24) is 20.3 Å². The highest BCUT2D eigenvalue weighted by atomic mass is 32.2. The molecule has 0 spiro atoms. The number of amides is 2. The number of sulfonamides is 1. The maximum Gasteiger partial charge on any atom is 0.242 e. The predicted octanol–water partition coefficient (Wildman–Crippen LogP) is 1.29. The smallest absolute Gasteiger partial charge is 0.242 e. The van der Waals surface area contributed by atoms with Gasteiger partial charge >= 0.3 is 0 Å². The van der Waals surface area contributed by atoms with Crippen LogP contribution in [0.3, 0.4) is 0 Å². The van der Waals surface area contributed by atoms with E-state index in [4.69, 9.17) is 5.73 Å². The first kappa shape index (κ1) is 27.6. The van der Waals surface area contributed by atoms with Crippen LogP contribution < -0.4 is 21.1 Å². The van der Waals surface area contributed by atoms with Crippen LogP contribution in [0.5, 0.6) is 0 Å². The maximum atomic E-state index is 13.8. The molecule has 210 valence electrons. The van der Waals surface area contributed by atoms with Gasteiger partial charge in [0.15, 0.2) is 0 Å². The third-order valence-corrected chi connectivity index (χ3v) is 11.8. The molecule has 4 bridgehead atoms. The molecule has 9 nitrogen and oxygen atoms in total. The van der Waals surface area contributed by atoms with Gasteiger partial charge in [-0.05, 0) is 108 Å². The summed E-state index contributed by atoms with van der Waals surface area (Å²) in [5.41, 5.74) is 5.68. The van der Waals surface area contributed by atoms with Crippen LogP contribution in [0.15, 0.2) is 23.1 Å². The normalized spacial score (nSPS) is 33.8.